The van der Waals surface area contributed by atoms with Gasteiger partial charge in [-0.25, -0.2) is 0 Å². The lowest BCUT2D eigenvalue weighted by Gasteiger charge is -2.50. The van der Waals surface area contributed by atoms with Crippen molar-refractivity contribution in [1.82, 2.24) is 9.80 Å². The van der Waals surface area contributed by atoms with Crippen LogP contribution in [0.4, 0.5) is 0 Å². The van der Waals surface area contributed by atoms with Gasteiger partial charge < -0.3 is 9.64 Å². The minimum Gasteiger partial charge on any atom is -0.497 e. The molecular formula is C18H26N2O2. The molecule has 2 aliphatic heterocycles. The number of carbonyl (C=O) groups excluding carboxylic acids is 1. The van der Waals surface area contributed by atoms with Gasteiger partial charge >= 0.3 is 0 Å². The van der Waals surface area contributed by atoms with Gasteiger partial charge in [-0.1, -0.05) is 12.1 Å². The number of amides is 1. The van der Waals surface area contributed by atoms with E-state index in [-0.39, 0.29) is 5.54 Å². The van der Waals surface area contributed by atoms with Crippen molar-refractivity contribution >= 4 is 5.91 Å². The van der Waals surface area contributed by atoms with Crippen LogP contribution in [0.25, 0.3) is 0 Å². The molecule has 2 fully saturated rings. The van der Waals surface area contributed by atoms with E-state index in [0.29, 0.717) is 12.3 Å². The lowest BCUT2D eigenvalue weighted by molar-refractivity contribution is -0.142. The number of ether oxygens (including phenoxy) is 1. The first-order valence-corrected chi connectivity index (χ1v) is 8.25. The van der Waals surface area contributed by atoms with Crippen LogP contribution in [0, 0.1) is 0 Å². The van der Waals surface area contributed by atoms with Crippen molar-refractivity contribution in [1.29, 1.82) is 0 Å². The number of likely N-dealkylation sites (N-methyl/N-ethyl adjacent to an activating group) is 1. The molecule has 1 atom stereocenters. The second-order valence-electron chi connectivity index (χ2n) is 6.70. The lowest BCUT2D eigenvalue weighted by atomic mass is 9.80. The second-order valence-corrected chi connectivity index (χ2v) is 6.70. The zero-order valence-electron chi connectivity index (χ0n) is 13.7. The Morgan fingerprint density at radius 2 is 2.09 bits per heavy atom. The van der Waals surface area contributed by atoms with Crippen LogP contribution < -0.4 is 4.74 Å². The van der Waals surface area contributed by atoms with E-state index in [4.69, 9.17) is 4.74 Å². The summed E-state index contributed by atoms with van der Waals surface area (Å²) in [7, 11) is 3.70. The van der Waals surface area contributed by atoms with Gasteiger partial charge in [0.05, 0.1) is 12.6 Å². The summed E-state index contributed by atoms with van der Waals surface area (Å²) in [6.07, 6.45) is 5.21. The molecule has 1 aromatic rings. The molecule has 0 aliphatic carbocycles. The van der Waals surface area contributed by atoms with E-state index in [1.54, 1.807) is 7.11 Å². The molecule has 4 nitrogen and oxygen atoms in total. The predicted octanol–water partition coefficient (Wildman–Crippen LogP) is 2.67. The summed E-state index contributed by atoms with van der Waals surface area (Å²) in [6, 6.07) is 8.29. The van der Waals surface area contributed by atoms with Crippen molar-refractivity contribution in [2.45, 2.75) is 44.2 Å². The number of hydrogen-bond acceptors (Lipinski definition) is 3. The third-order valence-electron chi connectivity index (χ3n) is 5.29. The van der Waals surface area contributed by atoms with E-state index >= 15 is 0 Å². The summed E-state index contributed by atoms with van der Waals surface area (Å²) in [4.78, 5) is 16.6. The highest BCUT2D eigenvalue weighted by Crippen LogP contribution is 2.36. The maximum Gasteiger partial charge on any atom is 0.222 e. The SMILES string of the molecule is COc1cccc(CN2CCCC3(CCCC(=O)N3C)C2)c1. The number of rotatable bonds is 3. The van der Waals surface area contributed by atoms with E-state index in [2.05, 4.69) is 17.0 Å². The van der Waals surface area contributed by atoms with Crippen LogP contribution in [0.1, 0.15) is 37.7 Å². The molecule has 1 unspecified atom stereocenters. The Morgan fingerprint density at radius 1 is 1.27 bits per heavy atom. The molecule has 3 rings (SSSR count). The summed E-state index contributed by atoms with van der Waals surface area (Å²) in [6.45, 7) is 3.04. The van der Waals surface area contributed by atoms with Gasteiger partial charge in [0.25, 0.3) is 0 Å². The first kappa shape index (κ1) is 15.3. The van der Waals surface area contributed by atoms with Crippen LogP contribution in [0.5, 0.6) is 5.75 Å². The number of hydrogen-bond donors (Lipinski definition) is 0. The Hall–Kier alpha value is -1.55. The number of piperidine rings is 2. The topological polar surface area (TPSA) is 32.8 Å². The first-order valence-electron chi connectivity index (χ1n) is 8.25. The Labute approximate surface area is 133 Å². The highest BCUT2D eigenvalue weighted by atomic mass is 16.5. The highest BCUT2D eigenvalue weighted by molar-refractivity contribution is 5.77. The predicted molar refractivity (Wildman–Crippen MR) is 86.9 cm³/mol. The quantitative estimate of drug-likeness (QED) is 0.860. The number of methoxy groups -OCH3 is 1. The van der Waals surface area contributed by atoms with Gasteiger partial charge in [-0.2, -0.15) is 0 Å². The number of likely N-dealkylation sites (tertiary alicyclic amines) is 2. The fourth-order valence-electron chi connectivity index (χ4n) is 4.02. The molecule has 1 aromatic carbocycles. The van der Waals surface area contributed by atoms with Gasteiger partial charge in [-0.15, -0.1) is 0 Å². The van der Waals surface area contributed by atoms with Gasteiger partial charge in [0, 0.05) is 26.6 Å². The van der Waals surface area contributed by atoms with Crippen LogP contribution in [-0.2, 0) is 11.3 Å². The first-order chi connectivity index (χ1) is 10.6. The Kier molecular flexibility index (Phi) is 4.39. The van der Waals surface area contributed by atoms with Crippen molar-refractivity contribution in [3.63, 3.8) is 0 Å². The normalized spacial score (nSPS) is 26.5. The average Bonchev–Trinajstić information content (AvgIpc) is 2.53. The third kappa shape index (κ3) is 2.98. The number of carbonyl (C=O) groups is 1. The molecule has 1 spiro atoms. The van der Waals surface area contributed by atoms with Crippen LogP contribution in [0.2, 0.25) is 0 Å². The Bertz CT molecular complexity index is 542. The molecule has 120 valence electrons. The Morgan fingerprint density at radius 3 is 2.91 bits per heavy atom. The monoisotopic (exact) mass is 302 g/mol. The minimum atomic E-state index is 0.0620. The van der Waals surface area contributed by atoms with Crippen molar-refractivity contribution in [3.05, 3.63) is 29.8 Å². The fourth-order valence-corrected chi connectivity index (χ4v) is 4.02. The van der Waals surface area contributed by atoms with Crippen molar-refractivity contribution in [2.75, 3.05) is 27.2 Å². The van der Waals surface area contributed by atoms with Crippen molar-refractivity contribution < 1.29 is 9.53 Å². The van der Waals surface area contributed by atoms with Gasteiger partial charge in [-0.05, 0) is 49.9 Å². The van der Waals surface area contributed by atoms with Gasteiger partial charge in [0.2, 0.25) is 5.91 Å². The van der Waals surface area contributed by atoms with Gasteiger partial charge in [0.1, 0.15) is 5.75 Å². The standard InChI is InChI=1S/C18H26N2O2/c1-19-17(21)8-4-9-18(19)10-5-11-20(14-18)13-15-6-3-7-16(12-15)22-2/h3,6-7,12H,4-5,8-11,13-14H2,1-2H3. The molecule has 22 heavy (non-hydrogen) atoms. The van der Waals surface area contributed by atoms with Crippen molar-refractivity contribution in [3.8, 4) is 5.75 Å². The average molecular weight is 302 g/mol. The molecule has 2 aliphatic rings. The van der Waals surface area contributed by atoms with Crippen LogP contribution >= 0.6 is 0 Å². The molecule has 0 bridgehead atoms. The fraction of sp³-hybridized carbons (Fsp3) is 0.611. The number of benzene rings is 1. The lowest BCUT2D eigenvalue weighted by Crippen LogP contribution is -2.60. The second kappa shape index (κ2) is 6.29. The molecule has 2 saturated heterocycles. The largest absolute Gasteiger partial charge is 0.497 e. The third-order valence-corrected chi connectivity index (χ3v) is 5.29. The number of nitrogens with zero attached hydrogens (tertiary/aromatic N) is 2. The van der Waals surface area contributed by atoms with E-state index in [1.807, 2.05) is 24.1 Å². The molecule has 0 N–H and O–H groups in total. The smallest absolute Gasteiger partial charge is 0.222 e. The molecule has 1 amide bonds. The molecule has 0 radical (unpaired) electrons. The molecule has 0 aromatic heterocycles. The minimum absolute atomic E-state index is 0.0620. The van der Waals surface area contributed by atoms with E-state index in [1.165, 1.54) is 12.0 Å². The van der Waals surface area contributed by atoms with E-state index in [9.17, 15) is 4.79 Å². The van der Waals surface area contributed by atoms with Crippen molar-refractivity contribution in [2.24, 2.45) is 0 Å². The van der Waals surface area contributed by atoms with E-state index in [0.717, 1.165) is 44.6 Å². The summed E-state index contributed by atoms with van der Waals surface area (Å²) in [5, 5.41) is 0. The summed E-state index contributed by atoms with van der Waals surface area (Å²) in [5.41, 5.74) is 1.34. The molecule has 0 saturated carbocycles. The van der Waals surface area contributed by atoms with Crippen LogP contribution in [0.3, 0.4) is 0 Å². The maximum atomic E-state index is 12.1. The van der Waals surface area contributed by atoms with Crippen LogP contribution in [0.15, 0.2) is 24.3 Å². The summed E-state index contributed by atoms with van der Waals surface area (Å²) in [5.74, 6) is 1.23. The maximum absolute atomic E-state index is 12.1. The zero-order chi connectivity index (χ0) is 15.6. The molecule has 2 heterocycles. The zero-order valence-corrected chi connectivity index (χ0v) is 13.7. The summed E-state index contributed by atoms with van der Waals surface area (Å²) < 4.78 is 5.31. The van der Waals surface area contributed by atoms with Crippen LogP contribution in [-0.4, -0.2) is 48.5 Å². The molecule has 4 heteroatoms. The van der Waals surface area contributed by atoms with Gasteiger partial charge in [-0.3, -0.25) is 9.69 Å². The summed E-state index contributed by atoms with van der Waals surface area (Å²) >= 11 is 0. The molecular weight excluding hydrogens is 276 g/mol. The Balaban J connectivity index is 1.71. The van der Waals surface area contributed by atoms with E-state index < -0.39 is 0 Å². The van der Waals surface area contributed by atoms with Gasteiger partial charge in [0.15, 0.2) is 0 Å². The highest BCUT2D eigenvalue weighted by Gasteiger charge is 2.42.